The van der Waals surface area contributed by atoms with Gasteiger partial charge in [0.1, 0.15) is 14.1 Å². The molecule has 3 nitrogen and oxygen atoms in total. The van der Waals surface area contributed by atoms with Crippen LogP contribution in [0.5, 0.6) is 0 Å². The highest BCUT2D eigenvalue weighted by Crippen LogP contribution is 1.91. The molecule has 54 valence electrons. The van der Waals surface area contributed by atoms with Crippen LogP contribution in [0.2, 0.25) is 0 Å². The van der Waals surface area contributed by atoms with E-state index in [1.54, 1.807) is 0 Å². The lowest BCUT2D eigenvalue weighted by Gasteiger charge is -2.23. The average molecular weight is 130 g/mol. The topological polar surface area (TPSA) is 24.4 Å². The van der Waals surface area contributed by atoms with Crippen molar-refractivity contribution in [2.75, 3.05) is 14.1 Å². The van der Waals surface area contributed by atoms with Crippen molar-refractivity contribution in [1.82, 2.24) is 5.43 Å². The molecule has 0 aliphatic carbocycles. The smallest absolute Gasteiger partial charge is 0.112 e. The zero-order valence-corrected chi connectivity index (χ0v) is 6.68. The monoisotopic (exact) mass is 130 g/mol. The average Bonchev–Trinajstić information content (AvgIpc) is 1.63. The predicted octanol–water partition coefficient (Wildman–Crippen LogP) is 0.591. The van der Waals surface area contributed by atoms with E-state index < -0.39 is 0 Å². The number of nitrogens with one attached hydrogen (secondary N) is 1. The normalized spacial score (nSPS) is 12.1. The lowest BCUT2D eigenvalue weighted by molar-refractivity contribution is -0.942. The van der Waals surface area contributed by atoms with Gasteiger partial charge in [-0.3, -0.25) is 0 Å². The second kappa shape index (κ2) is 2.94. The van der Waals surface area contributed by atoms with Crippen LogP contribution in [0, 0.1) is 0 Å². The molecule has 0 radical (unpaired) electrons. The molecule has 0 amide bonds. The maximum absolute atomic E-state index is 3.84. The second-order valence-corrected chi connectivity index (χ2v) is 2.82. The fraction of sp³-hybridized carbons (Fsp3) is 0.833. The number of hydrogen-bond donors (Lipinski definition) is 1. The number of rotatable bonds is 3. The molecule has 3 heteroatoms. The van der Waals surface area contributed by atoms with Gasteiger partial charge in [0.05, 0.1) is 6.04 Å². The minimum Gasteiger partial charge on any atom is -0.139 e. The highest BCUT2D eigenvalue weighted by molar-refractivity contribution is 5.21. The molecule has 0 atom stereocenters. The van der Waals surface area contributed by atoms with E-state index in [0.29, 0.717) is 10.7 Å². The summed E-state index contributed by atoms with van der Waals surface area (Å²) in [6.45, 7) is 7.59. The number of nitrogens with zero attached hydrogens (tertiary/aromatic N) is 2. The van der Waals surface area contributed by atoms with Gasteiger partial charge in [0.25, 0.3) is 0 Å². The molecule has 0 aliphatic heterocycles. The van der Waals surface area contributed by atoms with Gasteiger partial charge in [0.15, 0.2) is 0 Å². The molecule has 0 bridgehead atoms. The Hall–Kier alpha value is -0.410. The maximum Gasteiger partial charge on any atom is 0.112 e. The Labute approximate surface area is 56.9 Å². The van der Waals surface area contributed by atoms with Crippen molar-refractivity contribution in [3.05, 3.63) is 0 Å². The van der Waals surface area contributed by atoms with Crippen molar-refractivity contribution in [3.8, 4) is 0 Å². The molecule has 0 aromatic heterocycles. The summed E-state index contributed by atoms with van der Waals surface area (Å²) in [5, 5.41) is 3.84. The molecule has 0 heterocycles. The first kappa shape index (κ1) is 8.59. The molecule has 0 saturated heterocycles. The maximum atomic E-state index is 3.84. The van der Waals surface area contributed by atoms with Gasteiger partial charge in [-0.05, 0) is 13.8 Å². The minimum absolute atomic E-state index is 0.414. The van der Waals surface area contributed by atoms with E-state index in [0.717, 1.165) is 0 Å². The summed E-state index contributed by atoms with van der Waals surface area (Å²) in [4.78, 5) is 0. The summed E-state index contributed by atoms with van der Waals surface area (Å²) >= 11 is 0. The van der Waals surface area contributed by atoms with Gasteiger partial charge in [-0.25, -0.2) is 0 Å². The van der Waals surface area contributed by atoms with Gasteiger partial charge in [0, 0.05) is 6.72 Å². The lowest BCUT2D eigenvalue weighted by atomic mass is 10.4. The lowest BCUT2D eigenvalue weighted by Crippen LogP contribution is -2.50. The molecule has 0 aliphatic rings. The standard InChI is InChI=1S/C6H16N3/c1-6(2)8-9(4,5)7-3/h6,8H,3H2,1-2,4-5H3/q+1. The van der Waals surface area contributed by atoms with Crippen molar-refractivity contribution in [3.63, 3.8) is 0 Å². The van der Waals surface area contributed by atoms with Crippen LogP contribution in [0.4, 0.5) is 0 Å². The van der Waals surface area contributed by atoms with Gasteiger partial charge >= 0.3 is 0 Å². The number of hydrogen-bond acceptors (Lipinski definition) is 2. The van der Waals surface area contributed by atoms with Gasteiger partial charge in [-0.15, -0.1) is 10.1 Å². The van der Waals surface area contributed by atoms with E-state index in [-0.39, 0.29) is 0 Å². The molecule has 0 saturated carbocycles. The zero-order valence-electron chi connectivity index (χ0n) is 6.68. The van der Waals surface area contributed by atoms with Crippen LogP contribution in [0.25, 0.3) is 0 Å². The van der Waals surface area contributed by atoms with Crippen LogP contribution in [0.15, 0.2) is 5.10 Å². The summed E-state index contributed by atoms with van der Waals surface area (Å²) in [6.07, 6.45) is 0. The molecule has 1 N–H and O–H groups in total. The molecule has 0 spiro atoms. The fourth-order valence-electron chi connectivity index (χ4n) is 0.673. The highest BCUT2D eigenvalue weighted by atomic mass is 15.8. The molecular weight excluding hydrogens is 114 g/mol. The van der Waals surface area contributed by atoms with Gasteiger partial charge in [-0.2, -0.15) is 0 Å². The van der Waals surface area contributed by atoms with Gasteiger partial charge in [0.2, 0.25) is 0 Å². The van der Waals surface area contributed by atoms with Crippen molar-refractivity contribution in [2.45, 2.75) is 19.9 Å². The Balaban J connectivity index is 3.71. The van der Waals surface area contributed by atoms with E-state index >= 15 is 0 Å². The molecule has 0 rings (SSSR count). The zero-order chi connectivity index (χ0) is 7.49. The van der Waals surface area contributed by atoms with Crippen LogP contribution in [0.3, 0.4) is 0 Å². The van der Waals surface area contributed by atoms with Crippen LogP contribution in [0.1, 0.15) is 13.8 Å². The van der Waals surface area contributed by atoms with E-state index in [1.165, 1.54) is 0 Å². The van der Waals surface area contributed by atoms with Crippen molar-refractivity contribution in [2.24, 2.45) is 5.10 Å². The first-order valence-electron chi connectivity index (χ1n) is 3.08. The molecule has 0 aromatic rings. The Bertz CT molecular complexity index is 96.5. The van der Waals surface area contributed by atoms with Crippen LogP contribution in [-0.2, 0) is 0 Å². The quantitative estimate of drug-likeness (QED) is 0.337. The molecule has 0 unspecified atom stereocenters. The Morgan fingerprint density at radius 2 is 1.89 bits per heavy atom. The van der Waals surface area contributed by atoms with E-state index in [9.17, 15) is 0 Å². The van der Waals surface area contributed by atoms with E-state index in [2.05, 4.69) is 31.1 Å². The molecule has 0 fully saturated rings. The summed E-state index contributed by atoms with van der Waals surface area (Å²) in [5.41, 5.74) is 3.18. The first-order valence-corrected chi connectivity index (χ1v) is 3.08. The van der Waals surface area contributed by atoms with Crippen LogP contribution in [-0.4, -0.2) is 31.6 Å². The number of quaternary nitrogens is 1. The first-order chi connectivity index (χ1) is 3.98. The fourth-order valence-corrected chi connectivity index (χ4v) is 0.673. The molecule has 0 aromatic carbocycles. The summed E-state index contributed by atoms with van der Waals surface area (Å²) < 4.78 is 0.414. The second-order valence-electron chi connectivity index (χ2n) is 2.82. The van der Waals surface area contributed by atoms with Crippen LogP contribution < -0.4 is 5.43 Å². The Kier molecular flexibility index (Phi) is 2.81. The van der Waals surface area contributed by atoms with Crippen molar-refractivity contribution < 1.29 is 4.70 Å². The Morgan fingerprint density at radius 1 is 1.44 bits per heavy atom. The van der Waals surface area contributed by atoms with E-state index in [1.807, 2.05) is 14.1 Å². The highest BCUT2D eigenvalue weighted by Gasteiger charge is 2.12. The minimum atomic E-state index is 0.414. The SMILES string of the molecule is C=N[N+](C)(C)NC(C)C. The van der Waals surface area contributed by atoms with Crippen molar-refractivity contribution >= 4 is 6.72 Å². The van der Waals surface area contributed by atoms with Crippen LogP contribution >= 0.6 is 0 Å². The molecule has 9 heavy (non-hydrogen) atoms. The predicted molar refractivity (Wildman–Crippen MR) is 39.9 cm³/mol. The largest absolute Gasteiger partial charge is 0.139 e. The Morgan fingerprint density at radius 3 is 2.00 bits per heavy atom. The third-order valence-electron chi connectivity index (χ3n) is 0.928. The van der Waals surface area contributed by atoms with Gasteiger partial charge < -0.3 is 0 Å². The van der Waals surface area contributed by atoms with E-state index in [4.69, 9.17) is 0 Å². The summed E-state index contributed by atoms with van der Waals surface area (Å²) in [6, 6.07) is 0.436. The van der Waals surface area contributed by atoms with Crippen molar-refractivity contribution in [1.29, 1.82) is 0 Å². The third-order valence-corrected chi connectivity index (χ3v) is 0.928. The molecular formula is C6H16N3+. The third kappa shape index (κ3) is 4.12. The summed E-state index contributed by atoms with van der Waals surface area (Å²) in [5.74, 6) is 0. The van der Waals surface area contributed by atoms with Gasteiger partial charge in [-0.1, -0.05) is 5.10 Å². The summed E-state index contributed by atoms with van der Waals surface area (Å²) in [7, 11) is 3.88.